The normalized spacial score (nSPS) is 11.6. The van der Waals surface area contributed by atoms with E-state index in [2.05, 4.69) is 34.9 Å². The lowest BCUT2D eigenvalue weighted by Gasteiger charge is -2.30. The molecule has 0 amide bonds. The summed E-state index contributed by atoms with van der Waals surface area (Å²) in [5.41, 5.74) is 0. The minimum Gasteiger partial charge on any atom is -0.481 e. The van der Waals surface area contributed by atoms with Crippen LogP contribution in [0.15, 0.2) is 0 Å². The summed E-state index contributed by atoms with van der Waals surface area (Å²) >= 11 is 0. The summed E-state index contributed by atoms with van der Waals surface area (Å²) in [7, 11) is 4.94. The Morgan fingerprint density at radius 1 is 0.271 bits per heavy atom. The van der Waals surface area contributed by atoms with Crippen molar-refractivity contribution >= 4 is 5.97 Å². The van der Waals surface area contributed by atoms with Crippen molar-refractivity contribution < 1.29 is 14.4 Å². The molecule has 0 radical (unpaired) electrons. The molecule has 3 heteroatoms. The van der Waals surface area contributed by atoms with E-state index in [1.165, 1.54) is 307 Å². The molecule has 0 fully saturated rings. The highest BCUT2D eigenvalue weighted by Gasteiger charge is 2.13. The highest BCUT2D eigenvalue weighted by Crippen LogP contribution is 2.17. The Balaban J connectivity index is 0. The largest absolute Gasteiger partial charge is 0.481 e. The van der Waals surface area contributed by atoms with E-state index in [4.69, 9.17) is 5.11 Å². The predicted molar refractivity (Wildman–Crippen MR) is 268 cm³/mol. The summed E-state index contributed by atoms with van der Waals surface area (Å²) in [5, 5.41) is 8.52. The third-order valence-corrected chi connectivity index (χ3v) is 13.2. The monoisotopic (exact) mass is 835 g/mol. The Bertz CT molecular complexity index is 712. The van der Waals surface area contributed by atoms with Crippen LogP contribution in [-0.4, -0.2) is 42.7 Å². The molecular weight excluding hydrogens is 719 g/mol. The fourth-order valence-electron chi connectivity index (χ4n) is 8.94. The molecule has 0 heterocycles. The van der Waals surface area contributed by atoms with E-state index in [9.17, 15) is 4.79 Å². The van der Waals surface area contributed by atoms with Gasteiger partial charge in [0.05, 0.1) is 27.2 Å². The number of hydrogen-bond donors (Lipinski definition) is 1. The summed E-state index contributed by atoms with van der Waals surface area (Å²) in [6.45, 7) is 9.66. The zero-order valence-corrected chi connectivity index (χ0v) is 42.2. The molecule has 0 unspecified atom stereocenters. The molecule has 0 aromatic heterocycles. The number of rotatable bonds is 50. The van der Waals surface area contributed by atoms with Crippen LogP contribution in [0.1, 0.15) is 329 Å². The molecule has 0 aromatic rings. The molecule has 0 spiro atoms. The van der Waals surface area contributed by atoms with Gasteiger partial charge < -0.3 is 9.59 Å². The average molecular weight is 836 g/mol. The lowest BCUT2D eigenvalue weighted by atomic mass is 10.0. The van der Waals surface area contributed by atoms with Crippen LogP contribution in [-0.2, 0) is 4.79 Å². The van der Waals surface area contributed by atoms with Crippen LogP contribution < -0.4 is 0 Å². The van der Waals surface area contributed by atoms with E-state index in [0.717, 1.165) is 12.8 Å². The third-order valence-electron chi connectivity index (χ3n) is 13.2. The smallest absolute Gasteiger partial charge is 0.303 e. The summed E-state index contributed by atoms with van der Waals surface area (Å²) in [5.74, 6) is -0.653. The zero-order chi connectivity index (χ0) is 43.4. The van der Waals surface area contributed by atoms with Crippen LogP contribution >= 0.6 is 0 Å². The van der Waals surface area contributed by atoms with Gasteiger partial charge in [-0.2, -0.15) is 0 Å². The quantitative estimate of drug-likeness (QED) is 0.0490. The second kappa shape index (κ2) is 53.6. The summed E-state index contributed by atoms with van der Waals surface area (Å²) in [4.78, 5) is 10.3. The molecular formula is C56H116NO2+. The molecule has 0 aromatic carbocycles. The molecule has 0 aliphatic heterocycles. The number of carbonyl (C=O) groups is 1. The topological polar surface area (TPSA) is 37.3 Å². The maximum atomic E-state index is 10.3. The Hall–Kier alpha value is -0.570. The molecule has 0 aliphatic carbocycles. The molecule has 0 rings (SSSR count). The number of carboxylic acid groups (broad SMARTS) is 1. The van der Waals surface area contributed by atoms with Crippen LogP contribution in [0.25, 0.3) is 0 Å². The number of carboxylic acids is 1. The molecule has 0 atom stereocenters. The van der Waals surface area contributed by atoms with Gasteiger partial charge in [0.2, 0.25) is 0 Å². The zero-order valence-electron chi connectivity index (χ0n) is 42.2. The van der Waals surface area contributed by atoms with E-state index in [1.54, 1.807) is 0 Å². The first-order valence-electron chi connectivity index (χ1n) is 27.9. The van der Waals surface area contributed by atoms with E-state index >= 15 is 0 Å². The summed E-state index contributed by atoms with van der Waals surface area (Å²) in [6.07, 6.45) is 67.1. The lowest BCUT2D eigenvalue weighted by Crippen LogP contribution is -2.41. The molecule has 3 nitrogen and oxygen atoms in total. The minimum absolute atomic E-state index is 0.345. The molecule has 356 valence electrons. The first-order valence-corrected chi connectivity index (χ1v) is 27.9. The second-order valence-corrected chi connectivity index (χ2v) is 20.1. The summed E-state index contributed by atoms with van der Waals surface area (Å²) < 4.78 is 1.25. The fourth-order valence-corrected chi connectivity index (χ4v) is 8.94. The van der Waals surface area contributed by atoms with Crippen molar-refractivity contribution in [1.82, 2.24) is 0 Å². The maximum Gasteiger partial charge on any atom is 0.303 e. The van der Waals surface area contributed by atoms with Crippen LogP contribution in [0.2, 0.25) is 0 Å². The molecule has 0 saturated carbocycles. The van der Waals surface area contributed by atoms with Crippen molar-refractivity contribution in [3.63, 3.8) is 0 Å². The van der Waals surface area contributed by atoms with Crippen molar-refractivity contribution in [2.24, 2.45) is 0 Å². The molecule has 0 bridgehead atoms. The van der Waals surface area contributed by atoms with Gasteiger partial charge in [0.25, 0.3) is 0 Å². The lowest BCUT2D eigenvalue weighted by molar-refractivity contribution is -0.890. The van der Waals surface area contributed by atoms with Crippen molar-refractivity contribution in [2.45, 2.75) is 329 Å². The Kier molecular flexibility index (Phi) is 54.9. The summed E-state index contributed by atoms with van der Waals surface area (Å²) in [6, 6.07) is 0. The van der Waals surface area contributed by atoms with Gasteiger partial charge >= 0.3 is 5.97 Å². The van der Waals surface area contributed by atoms with Gasteiger partial charge in [0, 0.05) is 6.42 Å². The standard InChI is InChI=1S/C38H80N.C18H36O2/c1-5-7-9-11-13-15-17-19-21-23-25-27-29-31-33-35-37-39(3,4)38-36-34-32-30-28-26-24-22-20-18-16-14-12-10-8-6-2;1-2-3-4-5-6-7-8-9-10-11-12-13-14-15-16-17-18(19)20/h5-38H2,1-4H3;2-17H2,1H3,(H,19,20)/q+1;. The van der Waals surface area contributed by atoms with Crippen molar-refractivity contribution in [1.29, 1.82) is 0 Å². The van der Waals surface area contributed by atoms with Gasteiger partial charge in [0.15, 0.2) is 0 Å². The van der Waals surface area contributed by atoms with Crippen molar-refractivity contribution in [3.8, 4) is 0 Å². The van der Waals surface area contributed by atoms with E-state index in [0.29, 0.717) is 6.42 Å². The van der Waals surface area contributed by atoms with Gasteiger partial charge in [-0.1, -0.05) is 290 Å². The Morgan fingerprint density at radius 3 is 0.593 bits per heavy atom. The number of quaternary nitrogens is 1. The number of unbranched alkanes of at least 4 members (excludes halogenated alkanes) is 44. The van der Waals surface area contributed by atoms with Crippen molar-refractivity contribution in [3.05, 3.63) is 0 Å². The SMILES string of the molecule is CCCCCCCCCCCCCCCCCC(=O)O.CCCCCCCCCCCCCCCCCC[N+](C)(C)CCCCCCCCCCCCCCCCCC. The van der Waals surface area contributed by atoms with Crippen LogP contribution in [0.4, 0.5) is 0 Å². The third kappa shape index (κ3) is 59.6. The molecule has 0 aliphatic rings. The number of hydrogen-bond acceptors (Lipinski definition) is 1. The first kappa shape index (κ1) is 60.5. The van der Waals surface area contributed by atoms with E-state index < -0.39 is 5.97 Å². The Morgan fingerprint density at radius 2 is 0.424 bits per heavy atom. The highest BCUT2D eigenvalue weighted by molar-refractivity contribution is 5.66. The Labute approximate surface area is 375 Å². The predicted octanol–water partition coefficient (Wildman–Crippen LogP) is 19.9. The molecule has 0 saturated heterocycles. The van der Waals surface area contributed by atoms with Crippen LogP contribution in [0.3, 0.4) is 0 Å². The van der Waals surface area contributed by atoms with Crippen LogP contribution in [0, 0.1) is 0 Å². The maximum absolute atomic E-state index is 10.3. The minimum atomic E-state index is -0.653. The molecule has 1 N–H and O–H groups in total. The van der Waals surface area contributed by atoms with Gasteiger partial charge in [-0.3, -0.25) is 4.79 Å². The van der Waals surface area contributed by atoms with Gasteiger partial charge in [-0.25, -0.2) is 0 Å². The average Bonchev–Trinajstić information content (AvgIpc) is 3.22. The number of nitrogens with zero attached hydrogens (tertiary/aromatic N) is 1. The fraction of sp³-hybridized carbons (Fsp3) is 0.982. The highest BCUT2D eigenvalue weighted by atomic mass is 16.4. The van der Waals surface area contributed by atoms with Gasteiger partial charge in [-0.05, 0) is 32.1 Å². The molecule has 59 heavy (non-hydrogen) atoms. The second-order valence-electron chi connectivity index (χ2n) is 20.1. The van der Waals surface area contributed by atoms with E-state index in [-0.39, 0.29) is 0 Å². The van der Waals surface area contributed by atoms with Gasteiger partial charge in [0.1, 0.15) is 0 Å². The van der Waals surface area contributed by atoms with Gasteiger partial charge in [-0.15, -0.1) is 0 Å². The van der Waals surface area contributed by atoms with Crippen LogP contribution in [0.5, 0.6) is 0 Å². The first-order chi connectivity index (χ1) is 28.9. The number of aliphatic carboxylic acids is 1. The van der Waals surface area contributed by atoms with Crippen molar-refractivity contribution in [2.75, 3.05) is 27.2 Å². The van der Waals surface area contributed by atoms with E-state index in [1.807, 2.05) is 0 Å².